The van der Waals surface area contributed by atoms with Gasteiger partial charge >= 0.3 is 0 Å². The number of piperazine rings is 1. The van der Waals surface area contributed by atoms with Crippen LogP contribution in [0, 0.1) is 11.3 Å². The van der Waals surface area contributed by atoms with E-state index in [0.29, 0.717) is 17.0 Å². The highest BCUT2D eigenvalue weighted by Crippen LogP contribution is 2.33. The van der Waals surface area contributed by atoms with Crippen LogP contribution in [-0.2, 0) is 4.79 Å². The smallest absolute Gasteiger partial charge is 0.243 e. The first-order chi connectivity index (χ1) is 18.7. The molecule has 7 heteroatoms. The first-order valence-electron chi connectivity index (χ1n) is 13.3. The number of fused-ring (bicyclic) bond motifs is 1. The molecule has 0 unspecified atom stereocenters. The molecule has 1 N–H and O–H groups in total. The van der Waals surface area contributed by atoms with E-state index in [1.165, 1.54) is 11.1 Å². The molecule has 1 aliphatic carbocycles. The van der Waals surface area contributed by atoms with Crippen LogP contribution in [0.3, 0.4) is 0 Å². The van der Waals surface area contributed by atoms with Gasteiger partial charge in [0.15, 0.2) is 11.7 Å². The van der Waals surface area contributed by atoms with Crippen LogP contribution in [0.5, 0.6) is 0 Å². The fourth-order valence-corrected chi connectivity index (χ4v) is 5.26. The SMILES string of the molecule is N#C[C@H](C(=O)NC1CC1)c1nc2ccccc2nc1N1CCN(C(c2ccccc2)c2ccccc2)CC1. The molecule has 0 bridgehead atoms. The Balaban J connectivity index is 1.30. The van der Waals surface area contributed by atoms with Gasteiger partial charge in [-0.2, -0.15) is 5.26 Å². The van der Waals surface area contributed by atoms with Gasteiger partial charge in [0.2, 0.25) is 5.91 Å². The van der Waals surface area contributed by atoms with Crippen LogP contribution in [0.25, 0.3) is 11.0 Å². The van der Waals surface area contributed by atoms with E-state index < -0.39 is 5.92 Å². The molecule has 2 fully saturated rings. The maximum Gasteiger partial charge on any atom is 0.243 e. The van der Waals surface area contributed by atoms with E-state index in [2.05, 4.69) is 81.8 Å². The van der Waals surface area contributed by atoms with Crippen molar-refractivity contribution in [3.8, 4) is 6.07 Å². The topological polar surface area (TPSA) is 85.1 Å². The number of carbonyl (C=O) groups is 1. The molecule has 3 aromatic carbocycles. The maximum absolute atomic E-state index is 13.0. The Labute approximate surface area is 222 Å². The first-order valence-corrected chi connectivity index (χ1v) is 13.3. The molecule has 4 aromatic rings. The molecule has 1 atom stereocenters. The number of anilines is 1. The van der Waals surface area contributed by atoms with E-state index >= 15 is 0 Å². The highest BCUT2D eigenvalue weighted by molar-refractivity contribution is 5.89. The predicted molar refractivity (Wildman–Crippen MR) is 148 cm³/mol. The van der Waals surface area contributed by atoms with Crippen molar-refractivity contribution in [3.05, 3.63) is 102 Å². The number of benzene rings is 3. The molecular weight excluding hydrogens is 472 g/mol. The standard InChI is InChI=1S/C31H30N6O/c32-21-25(31(38)33-24-15-16-24)28-30(35-27-14-8-7-13-26(27)34-28)37-19-17-36(18-20-37)29(22-9-3-1-4-10-22)23-11-5-2-6-12-23/h1-14,24-25,29H,15-20H2,(H,33,38)/t25-/m0/s1. The summed E-state index contributed by atoms with van der Waals surface area (Å²) < 4.78 is 0. The summed E-state index contributed by atoms with van der Waals surface area (Å²) >= 11 is 0. The summed E-state index contributed by atoms with van der Waals surface area (Å²) in [4.78, 5) is 27.5. The minimum absolute atomic E-state index is 0.151. The lowest BCUT2D eigenvalue weighted by molar-refractivity contribution is -0.121. The van der Waals surface area contributed by atoms with Crippen molar-refractivity contribution >= 4 is 22.8 Å². The van der Waals surface area contributed by atoms with Crippen molar-refractivity contribution in [3.63, 3.8) is 0 Å². The van der Waals surface area contributed by atoms with E-state index in [-0.39, 0.29) is 18.0 Å². The molecule has 1 amide bonds. The van der Waals surface area contributed by atoms with Gasteiger partial charge in [-0.1, -0.05) is 72.8 Å². The third-order valence-corrected chi connectivity index (χ3v) is 7.38. The van der Waals surface area contributed by atoms with E-state index in [9.17, 15) is 10.1 Å². The lowest BCUT2D eigenvalue weighted by Crippen LogP contribution is -2.48. The van der Waals surface area contributed by atoms with Crippen LogP contribution in [0.4, 0.5) is 5.82 Å². The average Bonchev–Trinajstić information content (AvgIpc) is 3.79. The minimum atomic E-state index is -0.998. The van der Waals surface area contributed by atoms with Gasteiger partial charge in [-0.15, -0.1) is 0 Å². The Morgan fingerprint density at radius 1 is 0.816 bits per heavy atom. The molecule has 1 aliphatic heterocycles. The molecular formula is C31H30N6O. The van der Waals surface area contributed by atoms with Crippen LogP contribution in [0.2, 0.25) is 0 Å². The van der Waals surface area contributed by atoms with Crippen molar-refractivity contribution in [1.29, 1.82) is 5.26 Å². The highest BCUT2D eigenvalue weighted by Gasteiger charge is 2.34. The van der Waals surface area contributed by atoms with Crippen molar-refractivity contribution in [2.24, 2.45) is 0 Å². The molecule has 1 saturated carbocycles. The number of aromatic nitrogens is 2. The molecule has 190 valence electrons. The summed E-state index contributed by atoms with van der Waals surface area (Å²) in [5.41, 5.74) is 4.43. The second kappa shape index (κ2) is 10.6. The number of para-hydroxylation sites is 2. The zero-order chi connectivity index (χ0) is 25.9. The molecule has 1 saturated heterocycles. The highest BCUT2D eigenvalue weighted by atomic mass is 16.2. The fourth-order valence-electron chi connectivity index (χ4n) is 5.26. The van der Waals surface area contributed by atoms with Crippen molar-refractivity contribution in [2.45, 2.75) is 30.8 Å². The Bertz CT molecular complexity index is 1420. The van der Waals surface area contributed by atoms with Gasteiger partial charge in [0.1, 0.15) is 5.69 Å². The van der Waals surface area contributed by atoms with Crippen molar-refractivity contribution in [1.82, 2.24) is 20.2 Å². The normalized spacial score (nSPS) is 16.8. The number of carbonyl (C=O) groups excluding carboxylic acids is 1. The van der Waals surface area contributed by atoms with E-state index in [1.54, 1.807) is 0 Å². The summed E-state index contributed by atoms with van der Waals surface area (Å²) in [5.74, 6) is -0.647. The van der Waals surface area contributed by atoms with Crippen LogP contribution >= 0.6 is 0 Å². The number of nitrogens with one attached hydrogen (secondary N) is 1. The molecule has 6 rings (SSSR count). The summed E-state index contributed by atoms with van der Waals surface area (Å²) in [5, 5.41) is 13.0. The summed E-state index contributed by atoms with van der Waals surface area (Å²) in [7, 11) is 0. The van der Waals surface area contributed by atoms with Gasteiger partial charge in [-0.3, -0.25) is 9.69 Å². The number of nitriles is 1. The lowest BCUT2D eigenvalue weighted by Gasteiger charge is -2.40. The van der Waals surface area contributed by atoms with Crippen LogP contribution in [0.15, 0.2) is 84.9 Å². The van der Waals surface area contributed by atoms with Crippen LogP contribution in [0.1, 0.15) is 41.6 Å². The second-order valence-electron chi connectivity index (χ2n) is 10.0. The molecule has 2 heterocycles. The van der Waals surface area contributed by atoms with Crippen molar-refractivity contribution < 1.29 is 4.79 Å². The quantitative estimate of drug-likeness (QED) is 0.403. The zero-order valence-corrected chi connectivity index (χ0v) is 21.2. The van der Waals surface area contributed by atoms with Crippen LogP contribution in [-0.4, -0.2) is 53.0 Å². The number of hydrogen-bond acceptors (Lipinski definition) is 6. The first kappa shape index (κ1) is 24.1. The van der Waals surface area contributed by atoms with Gasteiger partial charge in [0, 0.05) is 32.2 Å². The molecule has 2 aliphatic rings. The summed E-state index contributed by atoms with van der Waals surface area (Å²) in [6.07, 6.45) is 1.93. The molecule has 7 nitrogen and oxygen atoms in total. The number of nitrogens with zero attached hydrogens (tertiary/aromatic N) is 5. The van der Waals surface area contributed by atoms with Crippen LogP contribution < -0.4 is 10.2 Å². The van der Waals surface area contributed by atoms with Gasteiger partial charge in [-0.05, 0) is 36.1 Å². The predicted octanol–water partition coefficient (Wildman–Crippen LogP) is 4.43. The summed E-state index contributed by atoms with van der Waals surface area (Å²) in [6, 6.07) is 31.4. The monoisotopic (exact) mass is 502 g/mol. The second-order valence-corrected chi connectivity index (χ2v) is 10.0. The van der Waals surface area contributed by atoms with Crippen molar-refractivity contribution in [2.75, 3.05) is 31.1 Å². The van der Waals surface area contributed by atoms with Gasteiger partial charge in [-0.25, -0.2) is 9.97 Å². The number of rotatable bonds is 7. The van der Waals surface area contributed by atoms with E-state index in [4.69, 9.17) is 9.97 Å². The minimum Gasteiger partial charge on any atom is -0.352 e. The largest absolute Gasteiger partial charge is 0.352 e. The summed E-state index contributed by atoms with van der Waals surface area (Å²) in [6.45, 7) is 3.07. The Morgan fingerprint density at radius 3 is 1.92 bits per heavy atom. The molecule has 0 spiro atoms. The number of amides is 1. The fraction of sp³-hybridized carbons (Fsp3) is 0.290. The molecule has 0 radical (unpaired) electrons. The van der Waals surface area contributed by atoms with Gasteiger partial charge in [0.05, 0.1) is 23.1 Å². The number of hydrogen-bond donors (Lipinski definition) is 1. The molecule has 1 aromatic heterocycles. The third-order valence-electron chi connectivity index (χ3n) is 7.38. The Hall–Kier alpha value is -4.28. The average molecular weight is 503 g/mol. The zero-order valence-electron chi connectivity index (χ0n) is 21.2. The third kappa shape index (κ3) is 4.96. The lowest BCUT2D eigenvalue weighted by atomic mass is 9.96. The van der Waals surface area contributed by atoms with Gasteiger partial charge in [0.25, 0.3) is 0 Å². The van der Waals surface area contributed by atoms with Gasteiger partial charge < -0.3 is 10.2 Å². The Morgan fingerprint density at radius 2 is 1.37 bits per heavy atom. The maximum atomic E-state index is 13.0. The molecule has 38 heavy (non-hydrogen) atoms. The Kier molecular flexibility index (Phi) is 6.72. The van der Waals surface area contributed by atoms with E-state index in [1.807, 2.05) is 24.3 Å². The van der Waals surface area contributed by atoms with E-state index in [0.717, 1.165) is 44.5 Å².